The molecule has 0 radical (unpaired) electrons. The predicted molar refractivity (Wildman–Crippen MR) is 66.2 cm³/mol. The minimum atomic E-state index is -0.134. The highest BCUT2D eigenvalue weighted by atomic mass is 16.2. The number of rotatable bonds is 3. The number of benzene rings is 1. The van der Waals surface area contributed by atoms with Crippen molar-refractivity contribution in [2.75, 3.05) is 13.2 Å². The van der Waals surface area contributed by atoms with Gasteiger partial charge in [-0.2, -0.15) is 0 Å². The van der Waals surface area contributed by atoms with E-state index in [1.807, 2.05) is 35.2 Å². The third-order valence-corrected chi connectivity index (χ3v) is 3.91. The Balaban J connectivity index is 1.67. The van der Waals surface area contributed by atoms with Crippen LogP contribution in [-0.4, -0.2) is 24.0 Å². The molecule has 1 heterocycles. The monoisotopic (exact) mass is 230 g/mol. The summed E-state index contributed by atoms with van der Waals surface area (Å²) in [5, 5.41) is 3.30. The maximum absolute atomic E-state index is 12.2. The van der Waals surface area contributed by atoms with Gasteiger partial charge >= 0.3 is 0 Å². The molecule has 0 bridgehead atoms. The molecule has 1 N–H and O–H groups in total. The van der Waals surface area contributed by atoms with Gasteiger partial charge in [-0.3, -0.25) is 10.1 Å². The van der Waals surface area contributed by atoms with Crippen LogP contribution < -0.4 is 5.32 Å². The summed E-state index contributed by atoms with van der Waals surface area (Å²) >= 11 is 0. The fourth-order valence-corrected chi connectivity index (χ4v) is 2.55. The van der Waals surface area contributed by atoms with E-state index in [-0.39, 0.29) is 11.9 Å². The molecular formula is C14H18N2O. The number of hydrogen-bond donors (Lipinski definition) is 1. The van der Waals surface area contributed by atoms with Gasteiger partial charge in [0.25, 0.3) is 0 Å². The van der Waals surface area contributed by atoms with Gasteiger partial charge in [0.2, 0.25) is 5.91 Å². The molecule has 90 valence electrons. The Hall–Kier alpha value is -1.35. The second-order valence-electron chi connectivity index (χ2n) is 5.24. The van der Waals surface area contributed by atoms with Crippen molar-refractivity contribution in [3.63, 3.8) is 0 Å². The first-order valence-corrected chi connectivity index (χ1v) is 6.33. The molecular weight excluding hydrogens is 212 g/mol. The van der Waals surface area contributed by atoms with Crippen LogP contribution in [0.25, 0.3) is 0 Å². The van der Waals surface area contributed by atoms with Crippen LogP contribution in [-0.2, 0) is 4.79 Å². The Labute approximate surface area is 102 Å². The number of carbonyl (C=O) groups is 1. The van der Waals surface area contributed by atoms with E-state index >= 15 is 0 Å². The van der Waals surface area contributed by atoms with Gasteiger partial charge in [-0.25, -0.2) is 0 Å². The lowest BCUT2D eigenvalue weighted by Gasteiger charge is -2.15. The maximum atomic E-state index is 12.2. The SMILES string of the molecule is CC1CC1CN1CNC(c2ccccc2)C1=O. The summed E-state index contributed by atoms with van der Waals surface area (Å²) in [5.41, 5.74) is 1.07. The molecule has 1 aliphatic heterocycles. The molecule has 1 saturated carbocycles. The van der Waals surface area contributed by atoms with Gasteiger partial charge < -0.3 is 4.90 Å². The first kappa shape index (κ1) is 10.8. The standard InChI is InChI=1S/C14H18N2O/c1-10-7-12(10)8-16-9-15-13(14(16)17)11-5-3-2-4-6-11/h2-6,10,12-13,15H,7-9H2,1H3. The zero-order valence-corrected chi connectivity index (χ0v) is 10.1. The fourth-order valence-electron chi connectivity index (χ4n) is 2.55. The summed E-state index contributed by atoms with van der Waals surface area (Å²) in [6.45, 7) is 3.88. The van der Waals surface area contributed by atoms with E-state index in [0.29, 0.717) is 6.67 Å². The third-order valence-electron chi connectivity index (χ3n) is 3.91. The molecule has 0 spiro atoms. The quantitative estimate of drug-likeness (QED) is 0.858. The molecule has 3 unspecified atom stereocenters. The molecule has 3 rings (SSSR count). The Morgan fingerprint density at radius 2 is 2.06 bits per heavy atom. The Kier molecular flexibility index (Phi) is 2.63. The van der Waals surface area contributed by atoms with Crippen LogP contribution >= 0.6 is 0 Å². The minimum Gasteiger partial charge on any atom is -0.328 e. The lowest BCUT2D eigenvalue weighted by Crippen LogP contribution is -2.29. The van der Waals surface area contributed by atoms with E-state index in [9.17, 15) is 4.79 Å². The van der Waals surface area contributed by atoms with E-state index in [4.69, 9.17) is 0 Å². The molecule has 1 aromatic rings. The van der Waals surface area contributed by atoms with Crippen molar-refractivity contribution < 1.29 is 4.79 Å². The molecule has 3 nitrogen and oxygen atoms in total. The van der Waals surface area contributed by atoms with Gasteiger partial charge in [0.05, 0.1) is 6.67 Å². The zero-order chi connectivity index (χ0) is 11.8. The van der Waals surface area contributed by atoms with Crippen molar-refractivity contribution in [3.05, 3.63) is 35.9 Å². The number of hydrogen-bond acceptors (Lipinski definition) is 2. The van der Waals surface area contributed by atoms with Gasteiger partial charge in [0.1, 0.15) is 6.04 Å². The highest BCUT2D eigenvalue weighted by molar-refractivity contribution is 5.85. The van der Waals surface area contributed by atoms with Gasteiger partial charge in [-0.1, -0.05) is 37.3 Å². The second kappa shape index (κ2) is 4.15. The van der Waals surface area contributed by atoms with Crippen LogP contribution in [0.5, 0.6) is 0 Å². The number of carbonyl (C=O) groups excluding carboxylic acids is 1. The van der Waals surface area contributed by atoms with Gasteiger partial charge in [-0.15, -0.1) is 0 Å². The molecule has 2 fully saturated rings. The summed E-state index contributed by atoms with van der Waals surface area (Å²) in [6, 6.07) is 9.83. The zero-order valence-electron chi connectivity index (χ0n) is 10.1. The van der Waals surface area contributed by atoms with Crippen LogP contribution in [0, 0.1) is 11.8 Å². The first-order chi connectivity index (χ1) is 8.25. The average Bonchev–Trinajstić information content (AvgIpc) is 2.92. The topological polar surface area (TPSA) is 32.3 Å². The summed E-state index contributed by atoms with van der Waals surface area (Å²) in [5.74, 6) is 1.77. The van der Waals surface area contributed by atoms with E-state index in [0.717, 1.165) is 23.9 Å². The van der Waals surface area contributed by atoms with Crippen LogP contribution in [0.4, 0.5) is 0 Å². The summed E-state index contributed by atoms with van der Waals surface area (Å²) in [6.07, 6.45) is 1.28. The summed E-state index contributed by atoms with van der Waals surface area (Å²) < 4.78 is 0. The third kappa shape index (κ3) is 2.07. The normalized spacial score (nSPS) is 31.9. The molecule has 1 saturated heterocycles. The largest absolute Gasteiger partial charge is 0.328 e. The van der Waals surface area contributed by atoms with E-state index < -0.39 is 0 Å². The van der Waals surface area contributed by atoms with E-state index in [1.54, 1.807) is 0 Å². The van der Waals surface area contributed by atoms with Crippen molar-refractivity contribution >= 4 is 5.91 Å². The van der Waals surface area contributed by atoms with E-state index in [1.165, 1.54) is 6.42 Å². The molecule has 2 aliphatic rings. The molecule has 1 aliphatic carbocycles. The predicted octanol–water partition coefficient (Wildman–Crippen LogP) is 1.77. The Morgan fingerprint density at radius 3 is 2.71 bits per heavy atom. The second-order valence-corrected chi connectivity index (χ2v) is 5.24. The Morgan fingerprint density at radius 1 is 1.35 bits per heavy atom. The Bertz CT molecular complexity index is 417. The van der Waals surface area contributed by atoms with Crippen LogP contribution in [0.15, 0.2) is 30.3 Å². The summed E-state index contributed by atoms with van der Waals surface area (Å²) in [4.78, 5) is 14.2. The average molecular weight is 230 g/mol. The van der Waals surface area contributed by atoms with Gasteiger partial charge in [0, 0.05) is 6.54 Å². The molecule has 17 heavy (non-hydrogen) atoms. The van der Waals surface area contributed by atoms with Crippen LogP contribution in [0.2, 0.25) is 0 Å². The molecule has 0 aromatic heterocycles. The van der Waals surface area contributed by atoms with Crippen molar-refractivity contribution in [2.24, 2.45) is 11.8 Å². The fraction of sp³-hybridized carbons (Fsp3) is 0.500. The van der Waals surface area contributed by atoms with Gasteiger partial charge in [0.15, 0.2) is 0 Å². The minimum absolute atomic E-state index is 0.134. The van der Waals surface area contributed by atoms with Crippen molar-refractivity contribution in [1.82, 2.24) is 10.2 Å². The number of nitrogens with zero attached hydrogens (tertiary/aromatic N) is 1. The molecule has 3 heteroatoms. The number of nitrogens with one attached hydrogen (secondary N) is 1. The highest BCUT2D eigenvalue weighted by Gasteiger charge is 2.39. The first-order valence-electron chi connectivity index (χ1n) is 6.33. The highest BCUT2D eigenvalue weighted by Crippen LogP contribution is 2.39. The van der Waals surface area contributed by atoms with E-state index in [2.05, 4.69) is 12.2 Å². The molecule has 1 amide bonds. The lowest BCUT2D eigenvalue weighted by atomic mass is 10.1. The molecule has 3 atom stereocenters. The van der Waals surface area contributed by atoms with Crippen molar-refractivity contribution in [3.8, 4) is 0 Å². The number of amides is 1. The van der Waals surface area contributed by atoms with Crippen molar-refractivity contribution in [1.29, 1.82) is 0 Å². The van der Waals surface area contributed by atoms with Crippen molar-refractivity contribution in [2.45, 2.75) is 19.4 Å². The van der Waals surface area contributed by atoms with Gasteiger partial charge in [-0.05, 0) is 23.8 Å². The smallest absolute Gasteiger partial charge is 0.245 e. The van der Waals surface area contributed by atoms with Crippen LogP contribution in [0.1, 0.15) is 24.9 Å². The molecule has 1 aromatic carbocycles. The van der Waals surface area contributed by atoms with Crippen LogP contribution in [0.3, 0.4) is 0 Å². The lowest BCUT2D eigenvalue weighted by molar-refractivity contribution is -0.129. The summed E-state index contributed by atoms with van der Waals surface area (Å²) in [7, 11) is 0. The maximum Gasteiger partial charge on any atom is 0.245 e.